The zero-order valence-corrected chi connectivity index (χ0v) is 15.7. The summed E-state index contributed by atoms with van der Waals surface area (Å²) in [7, 11) is 0. The van der Waals surface area contributed by atoms with Crippen molar-refractivity contribution in [3.05, 3.63) is 64.3 Å². The van der Waals surface area contributed by atoms with Gasteiger partial charge in [-0.15, -0.1) is 0 Å². The van der Waals surface area contributed by atoms with Crippen LogP contribution in [0.25, 0.3) is 6.08 Å². The van der Waals surface area contributed by atoms with E-state index in [0.717, 1.165) is 18.2 Å². The van der Waals surface area contributed by atoms with Gasteiger partial charge in [-0.2, -0.15) is 13.2 Å². The van der Waals surface area contributed by atoms with E-state index in [1.165, 1.54) is 30.3 Å². The number of imide groups is 1. The Labute approximate surface area is 172 Å². The molecule has 0 radical (unpaired) electrons. The number of hydrogen-bond acceptors (Lipinski definition) is 4. The number of rotatable bonds is 4. The van der Waals surface area contributed by atoms with Crippen molar-refractivity contribution in [2.24, 2.45) is 0 Å². The van der Waals surface area contributed by atoms with Gasteiger partial charge in [0.25, 0.3) is 5.91 Å². The molecule has 0 unspecified atom stereocenters. The van der Waals surface area contributed by atoms with Gasteiger partial charge in [0.15, 0.2) is 0 Å². The molecule has 0 bridgehead atoms. The molecule has 3 N–H and O–H groups in total. The Balaban J connectivity index is 1.72. The molecule has 30 heavy (non-hydrogen) atoms. The fourth-order valence-electron chi connectivity index (χ4n) is 2.63. The minimum atomic E-state index is -4.59. The van der Waals surface area contributed by atoms with Crippen LogP contribution in [0.3, 0.4) is 0 Å². The number of benzene rings is 2. The number of urea groups is 1. The molecule has 3 rings (SSSR count). The molecule has 156 valence electrons. The Hall–Kier alpha value is -3.53. The number of amides is 4. The predicted octanol–water partition coefficient (Wildman–Crippen LogP) is 3.60. The highest BCUT2D eigenvalue weighted by Gasteiger charge is 2.35. The molecule has 0 spiro atoms. The topological polar surface area (TPSA) is 98.7 Å². The van der Waals surface area contributed by atoms with Crippen molar-refractivity contribution < 1.29 is 32.7 Å². The highest BCUT2D eigenvalue weighted by atomic mass is 35.5. The Bertz CT molecular complexity index is 1070. The van der Waals surface area contributed by atoms with Gasteiger partial charge in [-0.1, -0.05) is 17.7 Å². The SMILES string of the molecule is O=C(CN1C(=O)N/C(=C\c2cc(Cl)ccc2O)C1=O)Nc1cccc(C(F)(F)F)c1. The summed E-state index contributed by atoms with van der Waals surface area (Å²) in [5, 5.41) is 14.6. The van der Waals surface area contributed by atoms with E-state index in [1.807, 2.05) is 0 Å². The number of aromatic hydroxyl groups is 1. The van der Waals surface area contributed by atoms with Crippen molar-refractivity contribution in [1.29, 1.82) is 0 Å². The number of anilines is 1. The largest absolute Gasteiger partial charge is 0.507 e. The third kappa shape index (κ3) is 4.71. The molecule has 1 aliphatic heterocycles. The second-order valence-electron chi connectivity index (χ2n) is 6.21. The van der Waals surface area contributed by atoms with Gasteiger partial charge in [0.2, 0.25) is 5.91 Å². The lowest BCUT2D eigenvalue weighted by Gasteiger charge is -2.13. The maximum atomic E-state index is 12.8. The van der Waals surface area contributed by atoms with E-state index in [0.29, 0.717) is 4.90 Å². The van der Waals surface area contributed by atoms with E-state index in [1.54, 1.807) is 0 Å². The third-order valence-corrected chi connectivity index (χ3v) is 4.26. The van der Waals surface area contributed by atoms with Crippen LogP contribution in [0.2, 0.25) is 5.02 Å². The van der Waals surface area contributed by atoms with Crippen LogP contribution in [-0.4, -0.2) is 34.4 Å². The monoisotopic (exact) mass is 439 g/mol. The van der Waals surface area contributed by atoms with Crippen LogP contribution < -0.4 is 10.6 Å². The van der Waals surface area contributed by atoms with E-state index < -0.39 is 36.1 Å². The van der Waals surface area contributed by atoms with Gasteiger partial charge in [-0.25, -0.2) is 9.69 Å². The van der Waals surface area contributed by atoms with Crippen molar-refractivity contribution in [1.82, 2.24) is 10.2 Å². The highest BCUT2D eigenvalue weighted by molar-refractivity contribution is 6.30. The zero-order valence-electron chi connectivity index (χ0n) is 15.0. The van der Waals surface area contributed by atoms with Crippen LogP contribution in [0.1, 0.15) is 11.1 Å². The fraction of sp³-hybridized carbons (Fsp3) is 0.105. The zero-order chi connectivity index (χ0) is 22.1. The van der Waals surface area contributed by atoms with Crippen molar-refractivity contribution in [2.75, 3.05) is 11.9 Å². The summed E-state index contributed by atoms with van der Waals surface area (Å²) in [6, 6.07) is 7.14. The molecule has 0 atom stereocenters. The molecular formula is C19H13ClF3N3O4. The lowest BCUT2D eigenvalue weighted by atomic mass is 10.1. The quantitative estimate of drug-likeness (QED) is 0.501. The minimum absolute atomic E-state index is 0.138. The second-order valence-corrected chi connectivity index (χ2v) is 6.65. The lowest BCUT2D eigenvalue weighted by molar-refractivity contribution is -0.137. The summed E-state index contributed by atoms with van der Waals surface area (Å²) in [5.74, 6) is -1.90. The average Bonchev–Trinajstić information content (AvgIpc) is 2.91. The maximum Gasteiger partial charge on any atom is 0.416 e. The number of alkyl halides is 3. The van der Waals surface area contributed by atoms with Crippen molar-refractivity contribution in [3.8, 4) is 5.75 Å². The summed E-state index contributed by atoms with van der Waals surface area (Å²) < 4.78 is 38.3. The van der Waals surface area contributed by atoms with Gasteiger partial charge in [-0.05, 0) is 42.5 Å². The number of nitrogens with one attached hydrogen (secondary N) is 2. The van der Waals surface area contributed by atoms with Crippen molar-refractivity contribution in [2.45, 2.75) is 6.18 Å². The molecule has 2 aromatic carbocycles. The van der Waals surface area contributed by atoms with Gasteiger partial charge in [-0.3, -0.25) is 9.59 Å². The number of hydrogen-bond donors (Lipinski definition) is 3. The predicted molar refractivity (Wildman–Crippen MR) is 101 cm³/mol. The molecular weight excluding hydrogens is 427 g/mol. The highest BCUT2D eigenvalue weighted by Crippen LogP contribution is 2.30. The lowest BCUT2D eigenvalue weighted by Crippen LogP contribution is -2.38. The van der Waals surface area contributed by atoms with Crippen LogP contribution in [0.15, 0.2) is 48.2 Å². The second kappa shape index (κ2) is 8.07. The number of phenols is 1. The van der Waals surface area contributed by atoms with Crippen LogP contribution in [0.4, 0.5) is 23.7 Å². The van der Waals surface area contributed by atoms with E-state index in [2.05, 4.69) is 10.6 Å². The smallest absolute Gasteiger partial charge is 0.416 e. The first-order chi connectivity index (χ1) is 14.0. The van der Waals surface area contributed by atoms with Crippen molar-refractivity contribution in [3.63, 3.8) is 0 Å². The van der Waals surface area contributed by atoms with Crippen LogP contribution in [0, 0.1) is 0 Å². The van der Waals surface area contributed by atoms with E-state index >= 15 is 0 Å². The Morgan fingerprint density at radius 2 is 1.93 bits per heavy atom. The summed E-state index contributed by atoms with van der Waals surface area (Å²) in [5.41, 5.74) is -1.13. The number of phenolic OH excluding ortho intramolecular Hbond substituents is 1. The molecule has 1 aliphatic rings. The molecule has 1 saturated heterocycles. The molecule has 0 aliphatic carbocycles. The maximum absolute atomic E-state index is 12.8. The summed E-state index contributed by atoms with van der Waals surface area (Å²) in [6.45, 7) is -0.722. The van der Waals surface area contributed by atoms with Gasteiger partial charge >= 0.3 is 12.2 Å². The Morgan fingerprint density at radius 3 is 2.63 bits per heavy atom. The summed E-state index contributed by atoms with van der Waals surface area (Å²) >= 11 is 5.83. The third-order valence-electron chi connectivity index (χ3n) is 4.03. The standard InChI is InChI=1S/C19H13ClF3N3O4/c20-12-4-5-15(27)10(6-12)7-14-17(29)26(18(30)25-14)9-16(28)24-13-3-1-2-11(8-13)19(21,22)23/h1-8,27H,9H2,(H,24,28)(H,25,30)/b14-7-. The molecule has 7 nitrogen and oxygen atoms in total. The fourth-order valence-corrected chi connectivity index (χ4v) is 2.81. The molecule has 0 aromatic heterocycles. The number of carbonyl (C=O) groups excluding carboxylic acids is 3. The van der Waals surface area contributed by atoms with E-state index in [4.69, 9.17) is 11.6 Å². The van der Waals surface area contributed by atoms with E-state index in [9.17, 15) is 32.7 Å². The van der Waals surface area contributed by atoms with Crippen LogP contribution >= 0.6 is 11.6 Å². The van der Waals surface area contributed by atoms with Gasteiger partial charge in [0.05, 0.1) is 5.56 Å². The first-order valence-electron chi connectivity index (χ1n) is 8.35. The van der Waals surface area contributed by atoms with Gasteiger partial charge in [0.1, 0.15) is 18.0 Å². The molecule has 2 aromatic rings. The van der Waals surface area contributed by atoms with Crippen LogP contribution in [-0.2, 0) is 15.8 Å². The van der Waals surface area contributed by atoms with Gasteiger partial charge in [0, 0.05) is 16.3 Å². The Kier molecular flexibility index (Phi) is 5.70. The summed E-state index contributed by atoms with van der Waals surface area (Å²) in [6.07, 6.45) is -3.40. The number of carbonyl (C=O) groups is 3. The minimum Gasteiger partial charge on any atom is -0.507 e. The van der Waals surface area contributed by atoms with Gasteiger partial charge < -0.3 is 15.7 Å². The van der Waals surface area contributed by atoms with Crippen molar-refractivity contribution >= 4 is 41.2 Å². The molecule has 4 amide bonds. The average molecular weight is 440 g/mol. The normalized spacial score (nSPS) is 15.5. The first-order valence-corrected chi connectivity index (χ1v) is 8.72. The first kappa shape index (κ1) is 21.2. The molecule has 1 heterocycles. The summed E-state index contributed by atoms with van der Waals surface area (Å²) in [4.78, 5) is 37.2. The molecule has 11 heteroatoms. The van der Waals surface area contributed by atoms with E-state index in [-0.39, 0.29) is 27.7 Å². The number of halogens is 4. The van der Waals surface area contributed by atoms with Crippen LogP contribution in [0.5, 0.6) is 5.75 Å². The Morgan fingerprint density at radius 1 is 1.20 bits per heavy atom. The number of nitrogens with zero attached hydrogens (tertiary/aromatic N) is 1. The molecule has 0 saturated carbocycles. The molecule has 1 fully saturated rings.